The van der Waals surface area contributed by atoms with Crippen LogP contribution in [-0.2, 0) is 14.8 Å². The Morgan fingerprint density at radius 1 is 1.12 bits per heavy atom. The first kappa shape index (κ1) is 19.6. The highest BCUT2D eigenvalue weighted by atomic mass is 79.9. The molecule has 0 bridgehead atoms. The Bertz CT molecular complexity index is 834. The number of halogens is 1. The maximum atomic E-state index is 12.5. The van der Waals surface area contributed by atoms with Crippen LogP contribution in [0.15, 0.2) is 57.9 Å². The molecule has 0 aliphatic heterocycles. The number of carbonyl (C=O) groups is 1. The molecule has 1 amide bonds. The molecule has 0 spiro atoms. The third-order valence-electron chi connectivity index (χ3n) is 3.84. The lowest BCUT2D eigenvalue weighted by Gasteiger charge is -2.19. The average molecular weight is 425 g/mol. The lowest BCUT2D eigenvalue weighted by atomic mass is 10.1. The second-order valence-electron chi connectivity index (χ2n) is 5.91. The fourth-order valence-electron chi connectivity index (χ4n) is 2.30. The van der Waals surface area contributed by atoms with Crippen molar-refractivity contribution in [2.45, 2.75) is 24.8 Å². The number of nitrogens with zero attached hydrogens (tertiary/aromatic N) is 1. The van der Waals surface area contributed by atoms with Crippen LogP contribution >= 0.6 is 15.9 Å². The van der Waals surface area contributed by atoms with Gasteiger partial charge in [0.2, 0.25) is 15.9 Å². The Morgan fingerprint density at radius 3 is 2.24 bits per heavy atom. The summed E-state index contributed by atoms with van der Waals surface area (Å²) < 4.78 is 27.0. The van der Waals surface area contributed by atoms with E-state index in [9.17, 15) is 13.2 Å². The van der Waals surface area contributed by atoms with Gasteiger partial charge in [-0.15, -0.1) is 0 Å². The number of carbonyl (C=O) groups excluding carboxylic acids is 1. The largest absolute Gasteiger partial charge is 0.348 e. The molecule has 0 aliphatic carbocycles. The Kier molecular flexibility index (Phi) is 6.37. The van der Waals surface area contributed by atoms with E-state index in [-0.39, 0.29) is 23.4 Å². The molecule has 25 heavy (non-hydrogen) atoms. The average Bonchev–Trinajstić information content (AvgIpc) is 2.55. The smallest absolute Gasteiger partial charge is 0.243 e. The fraction of sp³-hybridized carbons (Fsp3) is 0.278. The van der Waals surface area contributed by atoms with Crippen molar-refractivity contribution in [1.29, 1.82) is 0 Å². The van der Waals surface area contributed by atoms with Gasteiger partial charge < -0.3 is 5.32 Å². The molecule has 1 unspecified atom stereocenters. The predicted octanol–water partition coefficient (Wildman–Crippen LogP) is 3.26. The van der Waals surface area contributed by atoms with Gasteiger partial charge in [0.05, 0.1) is 17.5 Å². The van der Waals surface area contributed by atoms with Crippen molar-refractivity contribution in [2.75, 3.05) is 13.6 Å². The molecule has 2 aromatic rings. The van der Waals surface area contributed by atoms with Crippen LogP contribution in [0.25, 0.3) is 0 Å². The summed E-state index contributed by atoms with van der Waals surface area (Å²) in [6.07, 6.45) is 0. The molecule has 2 aromatic carbocycles. The summed E-state index contributed by atoms with van der Waals surface area (Å²) in [5.41, 5.74) is 1.92. The first-order valence-corrected chi connectivity index (χ1v) is 10.0. The van der Waals surface area contributed by atoms with Crippen LogP contribution in [0.3, 0.4) is 0 Å². The molecular weight excluding hydrogens is 404 g/mol. The summed E-state index contributed by atoms with van der Waals surface area (Å²) in [5, 5.41) is 2.82. The number of rotatable bonds is 6. The molecule has 7 heteroatoms. The van der Waals surface area contributed by atoms with Gasteiger partial charge in [-0.3, -0.25) is 4.79 Å². The van der Waals surface area contributed by atoms with Crippen molar-refractivity contribution in [3.8, 4) is 0 Å². The van der Waals surface area contributed by atoms with E-state index in [0.29, 0.717) is 0 Å². The maximum absolute atomic E-state index is 12.5. The Labute approximate surface area is 157 Å². The minimum absolute atomic E-state index is 0.175. The van der Waals surface area contributed by atoms with Gasteiger partial charge in [-0.1, -0.05) is 45.8 Å². The summed E-state index contributed by atoms with van der Waals surface area (Å²) in [6.45, 7) is 3.50. The summed E-state index contributed by atoms with van der Waals surface area (Å²) in [7, 11) is -2.29. The third-order valence-corrected chi connectivity index (χ3v) is 6.19. The second-order valence-corrected chi connectivity index (χ2v) is 8.88. The van der Waals surface area contributed by atoms with Gasteiger partial charge in [0.25, 0.3) is 0 Å². The molecule has 0 aliphatic rings. The molecule has 2 rings (SSSR count). The van der Waals surface area contributed by atoms with E-state index in [1.54, 1.807) is 24.3 Å². The van der Waals surface area contributed by atoms with Crippen molar-refractivity contribution in [3.63, 3.8) is 0 Å². The third kappa shape index (κ3) is 5.14. The van der Waals surface area contributed by atoms with Gasteiger partial charge in [0.1, 0.15) is 0 Å². The minimum Gasteiger partial charge on any atom is -0.348 e. The lowest BCUT2D eigenvalue weighted by molar-refractivity contribution is -0.121. The second kappa shape index (κ2) is 8.12. The van der Waals surface area contributed by atoms with E-state index in [0.717, 1.165) is 19.9 Å². The molecule has 0 saturated heterocycles. The van der Waals surface area contributed by atoms with E-state index in [1.165, 1.54) is 7.05 Å². The van der Waals surface area contributed by atoms with Crippen LogP contribution in [0, 0.1) is 6.92 Å². The number of sulfonamides is 1. The molecule has 1 N–H and O–H groups in total. The number of aryl methyl sites for hydroxylation is 1. The Hall–Kier alpha value is -1.70. The molecule has 0 heterocycles. The molecule has 134 valence electrons. The molecule has 0 fully saturated rings. The summed E-state index contributed by atoms with van der Waals surface area (Å²) in [6, 6.07) is 13.9. The highest BCUT2D eigenvalue weighted by molar-refractivity contribution is 9.10. The van der Waals surface area contributed by atoms with E-state index < -0.39 is 10.0 Å². The van der Waals surface area contributed by atoms with Crippen molar-refractivity contribution in [3.05, 3.63) is 64.1 Å². The van der Waals surface area contributed by atoms with Gasteiger partial charge in [-0.2, -0.15) is 4.31 Å². The molecule has 0 radical (unpaired) electrons. The van der Waals surface area contributed by atoms with Crippen molar-refractivity contribution in [2.24, 2.45) is 0 Å². The van der Waals surface area contributed by atoms with E-state index in [4.69, 9.17) is 0 Å². The zero-order valence-electron chi connectivity index (χ0n) is 14.4. The van der Waals surface area contributed by atoms with Gasteiger partial charge in [0, 0.05) is 11.5 Å². The van der Waals surface area contributed by atoms with Gasteiger partial charge in [-0.05, 0) is 43.7 Å². The number of hydrogen-bond acceptors (Lipinski definition) is 3. The number of benzene rings is 2. The Balaban J connectivity index is 2.01. The highest BCUT2D eigenvalue weighted by Gasteiger charge is 2.23. The molecule has 0 aromatic heterocycles. The van der Waals surface area contributed by atoms with E-state index in [2.05, 4.69) is 21.2 Å². The van der Waals surface area contributed by atoms with Gasteiger partial charge in [0.15, 0.2) is 0 Å². The molecule has 5 nitrogen and oxygen atoms in total. The van der Waals surface area contributed by atoms with E-state index >= 15 is 0 Å². The quantitative estimate of drug-likeness (QED) is 0.773. The van der Waals surface area contributed by atoms with Crippen LogP contribution in [0.2, 0.25) is 0 Å². The van der Waals surface area contributed by atoms with Crippen molar-refractivity contribution in [1.82, 2.24) is 9.62 Å². The monoisotopic (exact) mass is 424 g/mol. The standard InChI is InChI=1S/C18H21BrN2O3S/c1-13-4-10-17(11-5-13)25(23,24)21(3)12-18(22)20-14(2)15-6-8-16(19)9-7-15/h4-11,14H,12H2,1-3H3,(H,20,22). The Morgan fingerprint density at radius 2 is 1.68 bits per heavy atom. The lowest BCUT2D eigenvalue weighted by Crippen LogP contribution is -2.39. The summed E-state index contributed by atoms with van der Waals surface area (Å²) in [4.78, 5) is 12.4. The van der Waals surface area contributed by atoms with Gasteiger partial charge in [-0.25, -0.2) is 8.42 Å². The molecule has 0 saturated carbocycles. The first-order chi connectivity index (χ1) is 11.7. The number of likely N-dealkylation sites (N-methyl/N-ethyl adjacent to an activating group) is 1. The number of hydrogen-bond donors (Lipinski definition) is 1. The summed E-state index contributed by atoms with van der Waals surface area (Å²) >= 11 is 3.37. The zero-order valence-corrected chi connectivity index (χ0v) is 16.8. The number of amides is 1. The topological polar surface area (TPSA) is 66.5 Å². The fourth-order valence-corrected chi connectivity index (χ4v) is 3.69. The molecular formula is C18H21BrN2O3S. The van der Waals surface area contributed by atoms with Crippen LogP contribution in [0.1, 0.15) is 24.1 Å². The number of nitrogens with one attached hydrogen (secondary N) is 1. The summed E-state index contributed by atoms with van der Waals surface area (Å²) in [5.74, 6) is -0.353. The predicted molar refractivity (Wildman–Crippen MR) is 102 cm³/mol. The van der Waals surface area contributed by atoms with Crippen LogP contribution in [-0.4, -0.2) is 32.2 Å². The SMILES string of the molecule is Cc1ccc(S(=O)(=O)N(C)CC(=O)NC(C)c2ccc(Br)cc2)cc1. The minimum atomic E-state index is -3.69. The van der Waals surface area contributed by atoms with Crippen molar-refractivity contribution >= 4 is 31.9 Å². The highest BCUT2D eigenvalue weighted by Crippen LogP contribution is 2.17. The van der Waals surface area contributed by atoms with Crippen LogP contribution < -0.4 is 5.32 Å². The first-order valence-electron chi connectivity index (χ1n) is 7.78. The van der Waals surface area contributed by atoms with Crippen molar-refractivity contribution < 1.29 is 13.2 Å². The normalized spacial score (nSPS) is 12.8. The van der Waals surface area contributed by atoms with Gasteiger partial charge >= 0.3 is 0 Å². The zero-order chi connectivity index (χ0) is 18.6. The van der Waals surface area contributed by atoms with E-state index in [1.807, 2.05) is 38.1 Å². The van der Waals surface area contributed by atoms with Crippen LogP contribution in [0.4, 0.5) is 0 Å². The van der Waals surface area contributed by atoms with Crippen LogP contribution in [0.5, 0.6) is 0 Å². The maximum Gasteiger partial charge on any atom is 0.243 e. The molecule has 1 atom stereocenters.